The first-order valence-corrected chi connectivity index (χ1v) is 11.2. The second-order valence-electron chi connectivity index (χ2n) is 9.94. The number of hydrogen-bond acceptors (Lipinski definition) is 3. The summed E-state index contributed by atoms with van der Waals surface area (Å²) >= 11 is 0. The number of amides is 1. The molecule has 0 aliphatic heterocycles. The van der Waals surface area contributed by atoms with Gasteiger partial charge < -0.3 is 10.3 Å². The Morgan fingerprint density at radius 1 is 0.968 bits per heavy atom. The van der Waals surface area contributed by atoms with Gasteiger partial charge in [-0.2, -0.15) is 0 Å². The van der Waals surface area contributed by atoms with Gasteiger partial charge in [0.2, 0.25) is 0 Å². The molecule has 158 valence electrons. The number of carbonyl (C=O) groups excluding carboxylic acids is 1. The van der Waals surface area contributed by atoms with E-state index < -0.39 is 4.92 Å². The lowest BCUT2D eigenvalue weighted by Gasteiger charge is -2.56. The molecule has 0 unspecified atom stereocenters. The number of benzene rings is 2. The molecule has 6 nitrogen and oxygen atoms in total. The molecule has 7 rings (SSSR count). The van der Waals surface area contributed by atoms with Crippen molar-refractivity contribution in [1.82, 2.24) is 10.3 Å². The predicted molar refractivity (Wildman–Crippen MR) is 119 cm³/mol. The van der Waals surface area contributed by atoms with Crippen molar-refractivity contribution < 1.29 is 9.72 Å². The molecule has 2 N–H and O–H groups in total. The van der Waals surface area contributed by atoms with Crippen LogP contribution in [0.1, 0.15) is 48.9 Å². The number of fused-ring (bicyclic) bond motifs is 1. The van der Waals surface area contributed by atoms with Crippen molar-refractivity contribution in [2.75, 3.05) is 0 Å². The van der Waals surface area contributed by atoms with Crippen LogP contribution >= 0.6 is 0 Å². The first kappa shape index (κ1) is 18.6. The normalized spacial score (nSPS) is 28.7. The minimum absolute atomic E-state index is 0.000438. The number of aromatic nitrogens is 1. The van der Waals surface area contributed by atoms with Gasteiger partial charge in [0, 0.05) is 39.8 Å². The summed E-state index contributed by atoms with van der Waals surface area (Å²) in [6.07, 6.45) is 7.48. The van der Waals surface area contributed by atoms with Crippen LogP contribution in [0.25, 0.3) is 22.2 Å². The van der Waals surface area contributed by atoms with Crippen LogP contribution in [-0.2, 0) is 0 Å². The maximum Gasteiger partial charge on any atom is 0.269 e. The van der Waals surface area contributed by atoms with Crippen LogP contribution in [0.4, 0.5) is 5.69 Å². The molecule has 1 heterocycles. The van der Waals surface area contributed by atoms with E-state index in [9.17, 15) is 14.9 Å². The van der Waals surface area contributed by atoms with Crippen molar-refractivity contribution in [3.8, 4) is 11.3 Å². The SMILES string of the molecule is O=C(NC12CC3CC(CC(C3)C1)C2)c1ccc2cc(-c3ccc([N+](=O)[O-])cc3)[nH]c2c1. The van der Waals surface area contributed by atoms with E-state index in [-0.39, 0.29) is 17.1 Å². The fourth-order valence-corrected chi connectivity index (χ4v) is 6.76. The van der Waals surface area contributed by atoms with E-state index in [4.69, 9.17) is 0 Å². The highest BCUT2D eigenvalue weighted by Crippen LogP contribution is 2.55. The zero-order chi connectivity index (χ0) is 21.2. The van der Waals surface area contributed by atoms with E-state index in [0.717, 1.165) is 59.2 Å². The summed E-state index contributed by atoms with van der Waals surface area (Å²) in [5.74, 6) is 2.40. The van der Waals surface area contributed by atoms with Crippen molar-refractivity contribution in [2.45, 2.75) is 44.1 Å². The standard InChI is InChI=1S/C25H25N3O3/c29-24(27-25-12-15-7-16(13-25)9-17(8-15)14-25)20-2-1-19-10-22(26-23(19)11-20)18-3-5-21(6-4-18)28(30)31/h1-6,10-11,15-17,26H,7-9,12-14H2,(H,27,29). The molecule has 4 aliphatic carbocycles. The lowest BCUT2D eigenvalue weighted by molar-refractivity contribution is -0.384. The summed E-state index contributed by atoms with van der Waals surface area (Å²) in [4.78, 5) is 27.0. The van der Waals surface area contributed by atoms with E-state index in [0.29, 0.717) is 5.56 Å². The second kappa shape index (κ2) is 6.67. The van der Waals surface area contributed by atoms with E-state index in [1.165, 1.54) is 31.4 Å². The van der Waals surface area contributed by atoms with E-state index in [1.807, 2.05) is 24.3 Å². The predicted octanol–water partition coefficient (Wildman–Crippen LogP) is 5.44. The fourth-order valence-electron chi connectivity index (χ4n) is 6.76. The number of nitrogens with zero attached hydrogens (tertiary/aromatic N) is 1. The lowest BCUT2D eigenvalue weighted by atomic mass is 9.53. The van der Waals surface area contributed by atoms with Gasteiger partial charge in [-0.25, -0.2) is 0 Å². The molecular formula is C25H25N3O3. The number of carbonyl (C=O) groups is 1. The third kappa shape index (κ3) is 3.21. The molecule has 2 aromatic carbocycles. The lowest BCUT2D eigenvalue weighted by Crippen LogP contribution is -2.59. The number of nitro groups is 1. The van der Waals surface area contributed by atoms with E-state index in [2.05, 4.69) is 10.3 Å². The minimum atomic E-state index is -0.399. The molecule has 0 spiro atoms. The summed E-state index contributed by atoms with van der Waals surface area (Å²) in [5, 5.41) is 15.3. The third-order valence-electron chi connectivity index (χ3n) is 7.69. The monoisotopic (exact) mass is 415 g/mol. The molecule has 31 heavy (non-hydrogen) atoms. The highest BCUT2D eigenvalue weighted by molar-refractivity contribution is 5.99. The summed E-state index contributed by atoms with van der Waals surface area (Å²) in [6.45, 7) is 0. The van der Waals surface area contributed by atoms with Crippen molar-refractivity contribution in [1.29, 1.82) is 0 Å². The first-order chi connectivity index (χ1) is 15.0. The molecule has 4 saturated carbocycles. The van der Waals surface area contributed by atoms with Crippen LogP contribution in [-0.4, -0.2) is 21.4 Å². The van der Waals surface area contributed by atoms with Crippen molar-refractivity contribution in [2.24, 2.45) is 17.8 Å². The van der Waals surface area contributed by atoms with Crippen LogP contribution in [0.15, 0.2) is 48.5 Å². The van der Waals surface area contributed by atoms with Crippen molar-refractivity contribution in [3.05, 3.63) is 64.2 Å². The molecule has 4 fully saturated rings. The minimum Gasteiger partial charge on any atom is -0.355 e. The number of hydrogen-bond donors (Lipinski definition) is 2. The van der Waals surface area contributed by atoms with Gasteiger partial charge in [0.15, 0.2) is 0 Å². The highest BCUT2D eigenvalue weighted by atomic mass is 16.6. The molecule has 6 heteroatoms. The van der Waals surface area contributed by atoms with Crippen molar-refractivity contribution >= 4 is 22.5 Å². The molecule has 4 aliphatic rings. The van der Waals surface area contributed by atoms with Crippen LogP contribution < -0.4 is 5.32 Å². The Balaban J connectivity index is 1.25. The molecule has 0 atom stereocenters. The Morgan fingerprint density at radius 3 is 2.23 bits per heavy atom. The van der Waals surface area contributed by atoms with Gasteiger partial charge in [-0.1, -0.05) is 6.07 Å². The van der Waals surface area contributed by atoms with Gasteiger partial charge in [0.25, 0.3) is 11.6 Å². The molecule has 0 radical (unpaired) electrons. The van der Waals surface area contributed by atoms with Crippen LogP contribution in [0, 0.1) is 27.9 Å². The summed E-state index contributed by atoms with van der Waals surface area (Å²) < 4.78 is 0. The van der Waals surface area contributed by atoms with Crippen LogP contribution in [0.2, 0.25) is 0 Å². The molecule has 1 aromatic heterocycles. The van der Waals surface area contributed by atoms with Gasteiger partial charge in [-0.05, 0) is 92.2 Å². The smallest absolute Gasteiger partial charge is 0.269 e. The summed E-state index contributed by atoms with van der Waals surface area (Å²) in [5.41, 5.74) is 3.40. The zero-order valence-corrected chi connectivity index (χ0v) is 17.3. The average molecular weight is 415 g/mol. The zero-order valence-electron chi connectivity index (χ0n) is 17.3. The third-order valence-corrected chi connectivity index (χ3v) is 7.69. The quantitative estimate of drug-likeness (QED) is 0.439. The number of aromatic amines is 1. The molecule has 4 bridgehead atoms. The van der Waals surface area contributed by atoms with Gasteiger partial charge in [-0.15, -0.1) is 0 Å². The van der Waals surface area contributed by atoms with Gasteiger partial charge in [0.05, 0.1) is 4.92 Å². The van der Waals surface area contributed by atoms with Crippen molar-refractivity contribution in [3.63, 3.8) is 0 Å². The maximum atomic E-state index is 13.2. The Kier molecular flexibility index (Phi) is 4.01. The number of nitro benzene ring substituents is 1. The maximum absolute atomic E-state index is 13.2. The summed E-state index contributed by atoms with van der Waals surface area (Å²) in [7, 11) is 0. The molecule has 1 amide bonds. The van der Waals surface area contributed by atoms with E-state index in [1.54, 1.807) is 12.1 Å². The largest absolute Gasteiger partial charge is 0.355 e. The average Bonchev–Trinajstić information content (AvgIpc) is 3.16. The second-order valence-corrected chi connectivity index (χ2v) is 9.94. The fraction of sp³-hybridized carbons (Fsp3) is 0.400. The van der Waals surface area contributed by atoms with Gasteiger partial charge >= 0.3 is 0 Å². The Hall–Kier alpha value is -3.15. The topological polar surface area (TPSA) is 88.0 Å². The van der Waals surface area contributed by atoms with E-state index >= 15 is 0 Å². The number of non-ortho nitro benzene ring substituents is 1. The van der Waals surface area contributed by atoms with Gasteiger partial charge in [-0.3, -0.25) is 14.9 Å². The molecule has 0 saturated heterocycles. The van der Waals surface area contributed by atoms with Gasteiger partial charge in [0.1, 0.15) is 0 Å². The number of nitrogens with one attached hydrogen (secondary N) is 2. The summed E-state index contributed by atoms with van der Waals surface area (Å²) in [6, 6.07) is 14.3. The molecule has 3 aromatic rings. The van der Waals surface area contributed by atoms with Crippen LogP contribution in [0.5, 0.6) is 0 Å². The Bertz CT molecular complexity index is 1160. The Morgan fingerprint density at radius 2 is 1.61 bits per heavy atom. The molecular weight excluding hydrogens is 390 g/mol. The first-order valence-electron chi connectivity index (χ1n) is 11.2. The highest BCUT2D eigenvalue weighted by Gasteiger charge is 2.51. The Labute approximate surface area is 180 Å². The number of H-pyrrole nitrogens is 1. The van der Waals surface area contributed by atoms with Crippen LogP contribution in [0.3, 0.4) is 0 Å². The number of rotatable bonds is 4.